The maximum absolute atomic E-state index is 13.2. The Labute approximate surface area is 192 Å². The molecule has 1 atom stereocenters. The van der Waals surface area contributed by atoms with E-state index in [1.54, 1.807) is 6.07 Å². The van der Waals surface area contributed by atoms with Gasteiger partial charge in [0.1, 0.15) is 6.61 Å². The van der Waals surface area contributed by atoms with Crippen LogP contribution >= 0.6 is 27.3 Å². The van der Waals surface area contributed by atoms with Crippen molar-refractivity contribution in [3.05, 3.63) is 80.5 Å². The molecule has 2 aromatic carbocycles. The molecule has 2 aliphatic carbocycles. The topological polar surface area (TPSA) is 66.8 Å². The number of aliphatic carboxylic acids is 1. The van der Waals surface area contributed by atoms with Crippen molar-refractivity contribution in [2.24, 2.45) is 0 Å². The molecular weight excluding hydrogens is 478 g/mol. The average molecular weight is 498 g/mol. The highest BCUT2D eigenvalue weighted by atomic mass is 79.9. The zero-order valence-electron chi connectivity index (χ0n) is 16.5. The highest BCUT2D eigenvalue weighted by molar-refractivity contribution is 9.10. The molecule has 1 fully saturated rings. The van der Waals surface area contributed by atoms with E-state index in [9.17, 15) is 14.7 Å². The smallest absolute Gasteiger partial charge is 0.411 e. The summed E-state index contributed by atoms with van der Waals surface area (Å²) in [5, 5.41) is 11.8. The predicted molar refractivity (Wildman–Crippen MR) is 122 cm³/mol. The minimum Gasteiger partial charge on any atom is -0.479 e. The number of amides is 1. The van der Waals surface area contributed by atoms with Crippen LogP contribution in [0.2, 0.25) is 0 Å². The molecule has 31 heavy (non-hydrogen) atoms. The van der Waals surface area contributed by atoms with Gasteiger partial charge in [0, 0.05) is 16.4 Å². The third-order valence-corrected chi connectivity index (χ3v) is 7.82. The Morgan fingerprint density at radius 1 is 1.06 bits per heavy atom. The van der Waals surface area contributed by atoms with Gasteiger partial charge in [0.2, 0.25) is 0 Å². The largest absolute Gasteiger partial charge is 0.479 e. The van der Waals surface area contributed by atoms with Gasteiger partial charge in [-0.2, -0.15) is 0 Å². The Morgan fingerprint density at radius 2 is 1.68 bits per heavy atom. The maximum Gasteiger partial charge on any atom is 0.411 e. The summed E-state index contributed by atoms with van der Waals surface area (Å²) in [6, 6.07) is 16.9. The van der Waals surface area contributed by atoms with E-state index in [0.29, 0.717) is 9.35 Å². The van der Waals surface area contributed by atoms with Crippen LogP contribution in [0, 0.1) is 0 Å². The fourth-order valence-corrected chi connectivity index (χ4v) is 6.02. The molecule has 158 valence electrons. The molecule has 0 spiro atoms. The first kappa shape index (κ1) is 20.3. The number of hydrogen-bond acceptors (Lipinski definition) is 4. The summed E-state index contributed by atoms with van der Waals surface area (Å²) in [4.78, 5) is 27.4. The monoisotopic (exact) mass is 497 g/mol. The number of benzene rings is 2. The lowest BCUT2D eigenvalue weighted by Crippen LogP contribution is -2.41. The molecule has 7 heteroatoms. The van der Waals surface area contributed by atoms with Crippen LogP contribution in [-0.2, 0) is 9.53 Å². The van der Waals surface area contributed by atoms with Crippen LogP contribution < -0.4 is 0 Å². The normalized spacial score (nSPS) is 15.8. The number of carbonyl (C=O) groups is 2. The molecule has 1 N–H and O–H groups in total. The minimum absolute atomic E-state index is 0.0610. The second-order valence-electron chi connectivity index (χ2n) is 7.82. The van der Waals surface area contributed by atoms with Crippen LogP contribution in [0.1, 0.15) is 40.8 Å². The summed E-state index contributed by atoms with van der Waals surface area (Å²) >= 11 is 4.74. The van der Waals surface area contributed by atoms with Gasteiger partial charge in [-0.1, -0.05) is 48.5 Å². The molecule has 1 amide bonds. The van der Waals surface area contributed by atoms with Gasteiger partial charge in [-0.05, 0) is 62.5 Å². The van der Waals surface area contributed by atoms with Gasteiger partial charge in [0.15, 0.2) is 6.04 Å². The molecular formula is C24H20BrNO4S. The van der Waals surface area contributed by atoms with Crippen molar-refractivity contribution >= 4 is 39.3 Å². The zero-order valence-corrected chi connectivity index (χ0v) is 18.9. The van der Waals surface area contributed by atoms with Gasteiger partial charge in [-0.25, -0.2) is 9.59 Å². The molecule has 0 radical (unpaired) electrons. The van der Waals surface area contributed by atoms with E-state index in [1.807, 2.05) is 29.6 Å². The number of carboxylic acids is 1. The third kappa shape index (κ3) is 3.66. The average Bonchev–Trinajstić information content (AvgIpc) is 3.44. The Hall–Kier alpha value is -2.64. The lowest BCUT2D eigenvalue weighted by atomic mass is 9.98. The van der Waals surface area contributed by atoms with E-state index in [4.69, 9.17) is 4.74 Å². The fourth-order valence-electron chi connectivity index (χ4n) is 4.34. The standard InChI is InChI=1S/C24H20BrNO4S/c25-20-11-12-31-22(20)21(23(27)28)26(14-9-10-14)24(29)30-13-19-17-7-3-1-5-15(17)16-6-2-4-8-18(16)19/h1-8,11-12,14,19,21H,9-10,13H2,(H,27,28). The quantitative estimate of drug-likeness (QED) is 0.450. The van der Waals surface area contributed by atoms with Crippen LogP contribution in [0.3, 0.4) is 0 Å². The number of hydrogen-bond donors (Lipinski definition) is 1. The van der Waals surface area contributed by atoms with Crippen LogP contribution in [0.25, 0.3) is 11.1 Å². The van der Waals surface area contributed by atoms with E-state index in [-0.39, 0.29) is 18.6 Å². The van der Waals surface area contributed by atoms with Gasteiger partial charge >= 0.3 is 12.1 Å². The molecule has 3 aromatic rings. The third-order valence-electron chi connectivity index (χ3n) is 5.89. The Kier molecular flexibility index (Phi) is 5.32. The summed E-state index contributed by atoms with van der Waals surface area (Å²) < 4.78 is 6.48. The summed E-state index contributed by atoms with van der Waals surface area (Å²) in [7, 11) is 0. The molecule has 0 aliphatic heterocycles. The molecule has 1 heterocycles. The lowest BCUT2D eigenvalue weighted by molar-refractivity contribution is -0.143. The van der Waals surface area contributed by atoms with Crippen molar-refractivity contribution in [2.75, 3.05) is 6.61 Å². The second-order valence-corrected chi connectivity index (χ2v) is 9.62. The Bertz CT molecular complexity index is 1110. The molecule has 5 nitrogen and oxygen atoms in total. The van der Waals surface area contributed by atoms with Crippen LogP contribution in [0.4, 0.5) is 4.79 Å². The van der Waals surface area contributed by atoms with Gasteiger partial charge in [-0.3, -0.25) is 4.90 Å². The van der Waals surface area contributed by atoms with Crippen molar-refractivity contribution < 1.29 is 19.4 Å². The van der Waals surface area contributed by atoms with E-state index in [2.05, 4.69) is 40.2 Å². The lowest BCUT2D eigenvalue weighted by Gasteiger charge is -2.28. The first-order valence-corrected chi connectivity index (χ1v) is 11.8. The number of halogens is 1. The first-order chi connectivity index (χ1) is 15.1. The van der Waals surface area contributed by atoms with E-state index >= 15 is 0 Å². The van der Waals surface area contributed by atoms with Crippen molar-refractivity contribution in [2.45, 2.75) is 30.8 Å². The number of fused-ring (bicyclic) bond motifs is 3. The van der Waals surface area contributed by atoms with Gasteiger partial charge < -0.3 is 9.84 Å². The number of carbonyl (C=O) groups excluding carboxylic acids is 1. The highest BCUT2D eigenvalue weighted by Crippen LogP contribution is 2.45. The summed E-state index contributed by atoms with van der Waals surface area (Å²) in [5.74, 6) is -1.11. The summed E-state index contributed by atoms with van der Waals surface area (Å²) in [6.45, 7) is 0.175. The molecule has 2 aliphatic rings. The van der Waals surface area contributed by atoms with Crippen molar-refractivity contribution in [3.8, 4) is 11.1 Å². The molecule has 0 saturated heterocycles. The molecule has 5 rings (SSSR count). The minimum atomic E-state index is -1.06. The van der Waals surface area contributed by atoms with E-state index in [0.717, 1.165) is 35.1 Å². The van der Waals surface area contributed by atoms with Crippen molar-refractivity contribution in [3.63, 3.8) is 0 Å². The number of thiophene rings is 1. The van der Waals surface area contributed by atoms with Gasteiger partial charge in [0.05, 0.1) is 4.88 Å². The van der Waals surface area contributed by atoms with E-state index < -0.39 is 18.1 Å². The number of rotatable bonds is 6. The van der Waals surface area contributed by atoms with Crippen LogP contribution in [0.5, 0.6) is 0 Å². The maximum atomic E-state index is 13.2. The Balaban J connectivity index is 1.40. The van der Waals surface area contributed by atoms with Gasteiger partial charge in [0.25, 0.3) is 0 Å². The number of carboxylic acid groups (broad SMARTS) is 1. The van der Waals surface area contributed by atoms with Crippen molar-refractivity contribution in [1.82, 2.24) is 4.90 Å². The van der Waals surface area contributed by atoms with Crippen LogP contribution in [-0.4, -0.2) is 34.7 Å². The van der Waals surface area contributed by atoms with Crippen molar-refractivity contribution in [1.29, 1.82) is 0 Å². The first-order valence-electron chi connectivity index (χ1n) is 10.1. The highest BCUT2D eigenvalue weighted by Gasteiger charge is 2.44. The molecule has 1 saturated carbocycles. The molecule has 0 bridgehead atoms. The van der Waals surface area contributed by atoms with Gasteiger partial charge in [-0.15, -0.1) is 11.3 Å². The SMILES string of the molecule is O=C(O)C(c1sccc1Br)N(C(=O)OCC1c2ccccc2-c2ccccc21)C1CC1. The van der Waals surface area contributed by atoms with E-state index in [1.165, 1.54) is 16.2 Å². The fraction of sp³-hybridized carbons (Fsp3) is 0.250. The summed E-state index contributed by atoms with van der Waals surface area (Å²) in [5.41, 5.74) is 4.57. The Morgan fingerprint density at radius 3 is 2.19 bits per heavy atom. The number of nitrogens with zero attached hydrogens (tertiary/aromatic N) is 1. The zero-order chi connectivity index (χ0) is 21.5. The van der Waals surface area contributed by atoms with Crippen LogP contribution in [0.15, 0.2) is 64.5 Å². The number of ether oxygens (including phenoxy) is 1. The molecule has 1 aromatic heterocycles. The summed E-state index contributed by atoms with van der Waals surface area (Å²) in [6.07, 6.45) is 1.01. The predicted octanol–water partition coefficient (Wildman–Crippen LogP) is 6.05. The molecule has 1 unspecified atom stereocenters. The second kappa shape index (κ2) is 8.13.